The van der Waals surface area contributed by atoms with E-state index in [1.807, 2.05) is 30.3 Å². The third kappa shape index (κ3) is 4.83. The zero-order chi connectivity index (χ0) is 24.4. The second-order valence-corrected chi connectivity index (χ2v) is 9.14. The van der Waals surface area contributed by atoms with Gasteiger partial charge >= 0.3 is 5.97 Å². The minimum absolute atomic E-state index is 0.0253. The molecule has 0 N–H and O–H groups in total. The van der Waals surface area contributed by atoms with Crippen LogP contribution in [0.3, 0.4) is 0 Å². The van der Waals surface area contributed by atoms with E-state index in [0.717, 1.165) is 55.9 Å². The zero-order valence-corrected chi connectivity index (χ0v) is 18.8. The summed E-state index contributed by atoms with van der Waals surface area (Å²) < 4.78 is 5.61. The van der Waals surface area contributed by atoms with E-state index >= 15 is 0 Å². The molecule has 34 heavy (non-hydrogen) atoms. The van der Waals surface area contributed by atoms with Crippen molar-refractivity contribution in [2.24, 2.45) is 17.8 Å². The Morgan fingerprint density at radius 3 is 2.09 bits per heavy atom. The Labute approximate surface area is 196 Å². The molecule has 0 unspecified atom stereocenters. The lowest BCUT2D eigenvalue weighted by Crippen LogP contribution is -2.23. The first kappa shape index (κ1) is 23.5. The van der Waals surface area contributed by atoms with E-state index in [1.165, 1.54) is 0 Å². The number of carbonyl (C=O) groups is 2. The third-order valence-electron chi connectivity index (χ3n) is 6.99. The molecule has 0 aliphatic heterocycles. The molecular formula is C25H26N2O7. The average molecular weight is 466 g/mol. The van der Waals surface area contributed by atoms with Gasteiger partial charge in [-0.3, -0.25) is 25.0 Å². The van der Waals surface area contributed by atoms with Crippen molar-refractivity contribution in [3.8, 4) is 0 Å². The molecule has 0 heterocycles. The maximum Gasteiger partial charge on any atom is 0.338 e. The van der Waals surface area contributed by atoms with Crippen molar-refractivity contribution >= 4 is 23.1 Å². The van der Waals surface area contributed by atoms with Gasteiger partial charge in [0.15, 0.2) is 0 Å². The number of ether oxygens (including phenoxy) is 1. The number of esters is 1. The Balaban J connectivity index is 1.55. The minimum Gasteiger partial charge on any atom is -0.459 e. The predicted molar refractivity (Wildman–Crippen MR) is 122 cm³/mol. The smallest absolute Gasteiger partial charge is 0.338 e. The largest absolute Gasteiger partial charge is 0.459 e. The summed E-state index contributed by atoms with van der Waals surface area (Å²) in [7, 11) is 0. The number of nitrogens with zero attached hydrogens (tertiary/aromatic N) is 2. The Bertz CT molecular complexity index is 1080. The summed E-state index contributed by atoms with van der Waals surface area (Å²) in [5, 5.41) is 22.3. The molecule has 2 fully saturated rings. The summed E-state index contributed by atoms with van der Waals surface area (Å²) in [4.78, 5) is 46.9. The van der Waals surface area contributed by atoms with E-state index in [9.17, 15) is 29.8 Å². The Morgan fingerprint density at radius 1 is 0.941 bits per heavy atom. The Morgan fingerprint density at radius 2 is 1.53 bits per heavy atom. The number of hydrogen-bond acceptors (Lipinski definition) is 7. The van der Waals surface area contributed by atoms with Crippen LogP contribution in [0.5, 0.6) is 0 Å². The van der Waals surface area contributed by atoms with Crippen LogP contribution in [0.2, 0.25) is 0 Å². The van der Waals surface area contributed by atoms with Crippen LogP contribution in [0.4, 0.5) is 11.4 Å². The standard InChI is InChI=1S/C25H26N2O7/c1-15(34-25(29)18-12-19(26(30)31)14-20(13-18)27(32)33)21-22(16-8-4-2-5-9-16)23(21)24(28)17-10-6-3-7-11-17/h2,4-5,8-9,12-15,17,21-23H,3,6-7,10-11H2,1H3/t15-,21-,22-,23-/m1/s1. The number of Topliss-reactive ketones (excluding diaryl/α,β-unsaturated/α-hetero) is 1. The van der Waals surface area contributed by atoms with Crippen LogP contribution in [-0.4, -0.2) is 27.7 Å². The molecule has 0 spiro atoms. The molecule has 2 aliphatic carbocycles. The number of ketones is 1. The van der Waals surface area contributed by atoms with Crippen molar-refractivity contribution in [2.75, 3.05) is 0 Å². The van der Waals surface area contributed by atoms with Gasteiger partial charge in [-0.25, -0.2) is 4.79 Å². The first-order valence-corrected chi connectivity index (χ1v) is 11.5. The van der Waals surface area contributed by atoms with E-state index in [-0.39, 0.29) is 35.0 Å². The van der Waals surface area contributed by atoms with E-state index in [4.69, 9.17) is 4.74 Å². The Hall–Kier alpha value is -3.62. The summed E-state index contributed by atoms with van der Waals surface area (Å²) in [5.74, 6) is -1.19. The van der Waals surface area contributed by atoms with Gasteiger partial charge in [-0.05, 0) is 25.3 Å². The van der Waals surface area contributed by atoms with Crippen LogP contribution in [0.1, 0.15) is 60.9 Å². The average Bonchev–Trinajstić information content (AvgIpc) is 3.60. The fourth-order valence-electron chi connectivity index (χ4n) is 5.29. The van der Waals surface area contributed by atoms with Crippen LogP contribution in [0.25, 0.3) is 0 Å². The topological polar surface area (TPSA) is 130 Å². The normalized spacial score (nSPS) is 23.0. The minimum atomic E-state index is -0.887. The van der Waals surface area contributed by atoms with Crippen LogP contribution < -0.4 is 0 Å². The SMILES string of the molecule is C[C@@H](OC(=O)c1cc([N+](=O)[O-])cc([N+](=O)[O-])c1)[C@H]1[C@@H](C(=O)C2CCCCC2)[C@@H]1c1ccccc1. The summed E-state index contributed by atoms with van der Waals surface area (Å²) in [6.07, 6.45) is 4.35. The van der Waals surface area contributed by atoms with Crippen LogP contribution >= 0.6 is 0 Å². The fourth-order valence-corrected chi connectivity index (χ4v) is 5.29. The lowest BCUT2D eigenvalue weighted by Gasteiger charge is -2.21. The lowest BCUT2D eigenvalue weighted by molar-refractivity contribution is -0.394. The summed E-state index contributed by atoms with van der Waals surface area (Å²) in [5.41, 5.74) is -0.379. The van der Waals surface area contributed by atoms with Gasteiger partial charge in [0, 0.05) is 35.8 Å². The van der Waals surface area contributed by atoms with Gasteiger partial charge in [0.25, 0.3) is 11.4 Å². The number of nitro groups is 2. The second-order valence-electron chi connectivity index (χ2n) is 9.14. The molecule has 9 heteroatoms. The summed E-state index contributed by atoms with van der Waals surface area (Å²) in [6.45, 7) is 1.71. The van der Waals surface area contributed by atoms with Crippen molar-refractivity contribution in [1.82, 2.24) is 0 Å². The maximum atomic E-state index is 13.4. The van der Waals surface area contributed by atoms with Crippen LogP contribution in [0.15, 0.2) is 48.5 Å². The molecule has 2 aliphatic rings. The van der Waals surface area contributed by atoms with Gasteiger partial charge in [0.05, 0.1) is 21.5 Å². The van der Waals surface area contributed by atoms with Crippen LogP contribution in [0, 0.1) is 38.0 Å². The lowest BCUT2D eigenvalue weighted by atomic mass is 9.84. The highest BCUT2D eigenvalue weighted by atomic mass is 16.6. The molecule has 2 aromatic carbocycles. The summed E-state index contributed by atoms with van der Waals surface area (Å²) >= 11 is 0. The van der Waals surface area contributed by atoms with Crippen molar-refractivity contribution < 1.29 is 24.2 Å². The first-order chi connectivity index (χ1) is 16.3. The Kier molecular flexibility index (Phi) is 6.72. The first-order valence-electron chi connectivity index (χ1n) is 11.5. The van der Waals surface area contributed by atoms with Gasteiger partial charge in [-0.1, -0.05) is 49.6 Å². The number of benzene rings is 2. The molecule has 4 rings (SSSR count). The van der Waals surface area contributed by atoms with Gasteiger partial charge in [-0.2, -0.15) is 0 Å². The molecule has 0 saturated heterocycles. The zero-order valence-electron chi connectivity index (χ0n) is 18.8. The molecule has 178 valence electrons. The van der Waals surface area contributed by atoms with Crippen LogP contribution in [-0.2, 0) is 9.53 Å². The van der Waals surface area contributed by atoms with Gasteiger partial charge in [0.2, 0.25) is 0 Å². The monoisotopic (exact) mass is 466 g/mol. The molecule has 0 amide bonds. The third-order valence-corrected chi connectivity index (χ3v) is 6.99. The highest BCUT2D eigenvalue weighted by Gasteiger charge is 2.59. The molecule has 9 nitrogen and oxygen atoms in total. The van der Waals surface area contributed by atoms with Gasteiger partial charge in [0.1, 0.15) is 11.9 Å². The molecular weight excluding hydrogens is 440 g/mol. The van der Waals surface area contributed by atoms with E-state index in [1.54, 1.807) is 6.92 Å². The number of nitro benzene ring substituents is 2. The van der Waals surface area contributed by atoms with E-state index in [2.05, 4.69) is 0 Å². The van der Waals surface area contributed by atoms with Crippen molar-refractivity contribution in [3.05, 3.63) is 79.9 Å². The number of carbonyl (C=O) groups excluding carboxylic acids is 2. The molecule has 0 radical (unpaired) electrons. The van der Waals surface area contributed by atoms with Crippen molar-refractivity contribution in [1.29, 1.82) is 0 Å². The quantitative estimate of drug-likeness (QED) is 0.296. The molecule has 0 bridgehead atoms. The van der Waals surface area contributed by atoms with Crippen molar-refractivity contribution in [3.63, 3.8) is 0 Å². The number of rotatable bonds is 8. The molecule has 2 aromatic rings. The fraction of sp³-hybridized carbons (Fsp3) is 0.440. The van der Waals surface area contributed by atoms with Gasteiger partial charge < -0.3 is 4.74 Å². The van der Waals surface area contributed by atoms with Gasteiger partial charge in [-0.15, -0.1) is 0 Å². The second kappa shape index (κ2) is 9.70. The predicted octanol–water partition coefficient (Wildman–Crippen LogP) is 5.23. The van der Waals surface area contributed by atoms with E-state index < -0.39 is 33.3 Å². The van der Waals surface area contributed by atoms with E-state index in [0.29, 0.717) is 0 Å². The van der Waals surface area contributed by atoms with Crippen molar-refractivity contribution in [2.45, 2.75) is 51.0 Å². The molecule has 4 atom stereocenters. The molecule has 2 saturated carbocycles. The highest BCUT2D eigenvalue weighted by Crippen LogP contribution is 2.58. The molecule has 0 aromatic heterocycles. The maximum absolute atomic E-state index is 13.4. The highest BCUT2D eigenvalue weighted by molar-refractivity contribution is 5.92. The number of non-ortho nitro benzene ring substituents is 2. The number of hydrogen-bond donors (Lipinski definition) is 0. The summed E-state index contributed by atoms with van der Waals surface area (Å²) in [6, 6.07) is 12.4.